The number of sulfonamides is 1. The number of aromatic amines is 1. The van der Waals surface area contributed by atoms with Gasteiger partial charge in [0, 0.05) is 18.5 Å². The van der Waals surface area contributed by atoms with Crippen LogP contribution < -0.4 is 25.4 Å². The van der Waals surface area contributed by atoms with Gasteiger partial charge in [-0.25, -0.2) is 26.7 Å². The van der Waals surface area contributed by atoms with Crippen molar-refractivity contribution in [3.8, 4) is 29.0 Å². The summed E-state index contributed by atoms with van der Waals surface area (Å²) in [6.07, 6.45) is -1.48. The Morgan fingerprint density at radius 2 is 1.95 bits per heavy atom. The number of hydrogen-bond donors (Lipinski definition) is 2. The Kier molecular flexibility index (Phi) is 7.11. The van der Waals surface area contributed by atoms with E-state index < -0.39 is 33.4 Å². The Balaban J connectivity index is 1.42. The smallest absolute Gasteiger partial charge is 0.349 e. The molecule has 0 radical (unpaired) electrons. The van der Waals surface area contributed by atoms with Gasteiger partial charge in [-0.3, -0.25) is 9.78 Å². The van der Waals surface area contributed by atoms with Crippen molar-refractivity contribution in [3.05, 3.63) is 66.9 Å². The molecule has 0 spiro atoms. The number of rotatable bonds is 9. The van der Waals surface area contributed by atoms with Gasteiger partial charge in [0.05, 0.1) is 28.9 Å². The molecule has 2 aromatic carbocycles. The lowest BCUT2D eigenvalue weighted by Gasteiger charge is -2.33. The van der Waals surface area contributed by atoms with E-state index in [0.29, 0.717) is 17.5 Å². The van der Waals surface area contributed by atoms with Gasteiger partial charge < -0.3 is 9.47 Å². The number of methoxy groups -OCH3 is 1. The summed E-state index contributed by atoms with van der Waals surface area (Å²) in [7, 11) is -2.73. The van der Waals surface area contributed by atoms with Crippen LogP contribution in [0.4, 0.5) is 8.78 Å². The minimum absolute atomic E-state index is 0.0240. The number of halogens is 4. The zero-order chi connectivity index (χ0) is 29.0. The summed E-state index contributed by atoms with van der Waals surface area (Å²) in [5.74, 6) is 0.0723. The molecule has 0 bridgehead atoms. The van der Waals surface area contributed by atoms with Crippen molar-refractivity contribution in [3.63, 3.8) is 0 Å². The molecule has 3 unspecified atom stereocenters. The number of nitrogens with one attached hydrogen (secondary N) is 2. The van der Waals surface area contributed by atoms with Crippen molar-refractivity contribution in [1.29, 1.82) is 5.26 Å². The molecule has 0 amide bonds. The molecule has 1 heterocycles. The minimum Gasteiger partial charge on any atom is -0.495 e. The first-order chi connectivity index (χ1) is 18.9. The van der Waals surface area contributed by atoms with Crippen LogP contribution >= 0.6 is 23.2 Å². The molecule has 2 fully saturated rings. The van der Waals surface area contributed by atoms with E-state index in [4.69, 9.17) is 37.9 Å². The largest absolute Gasteiger partial charge is 0.495 e. The summed E-state index contributed by atoms with van der Waals surface area (Å²) < 4.78 is 66.9. The van der Waals surface area contributed by atoms with Gasteiger partial charge >= 0.3 is 5.69 Å². The summed E-state index contributed by atoms with van der Waals surface area (Å²) in [6, 6.07) is 8.17. The number of alkyl halides is 2. The van der Waals surface area contributed by atoms with Crippen LogP contribution in [0.3, 0.4) is 0 Å². The van der Waals surface area contributed by atoms with E-state index in [1.54, 1.807) is 4.98 Å². The lowest BCUT2D eigenvalue weighted by molar-refractivity contribution is 0.141. The van der Waals surface area contributed by atoms with Crippen molar-refractivity contribution in [2.45, 2.75) is 36.6 Å². The standard InChI is InChI=1S/C24H19Cl2F2N5O6S/c1-38-17-3-2-12(8-18(17)40(36,37)32-16-10-24(4-5-29)9-13(16)24)39-20-14(25)6-11(7-15(20)26)33-23(35)30-22(34)19(31-33)21(27)28/h2-3,6-8,13,16,21,32H,4,9-10H2,1H3,(H,30,34,35). The fourth-order valence-electron chi connectivity index (χ4n) is 4.97. The minimum atomic E-state index is -4.05. The summed E-state index contributed by atoms with van der Waals surface area (Å²) in [4.78, 5) is 25.3. The molecule has 2 N–H and O–H groups in total. The average molecular weight is 614 g/mol. The number of nitrogens with zero attached hydrogens (tertiary/aromatic N) is 3. The maximum atomic E-state index is 13.2. The van der Waals surface area contributed by atoms with Crippen LogP contribution in [-0.4, -0.2) is 36.3 Å². The van der Waals surface area contributed by atoms with E-state index in [-0.39, 0.29) is 55.3 Å². The van der Waals surface area contributed by atoms with Crippen molar-refractivity contribution < 1.29 is 26.7 Å². The summed E-state index contributed by atoms with van der Waals surface area (Å²) in [5, 5.41) is 12.0. The number of fused-ring (bicyclic) bond motifs is 1. The van der Waals surface area contributed by atoms with Crippen LogP contribution in [-0.2, 0) is 10.0 Å². The molecule has 40 heavy (non-hydrogen) atoms. The van der Waals surface area contributed by atoms with Crippen LogP contribution in [0.5, 0.6) is 17.2 Å². The van der Waals surface area contributed by atoms with Gasteiger partial charge in [0.2, 0.25) is 10.0 Å². The monoisotopic (exact) mass is 613 g/mol. The van der Waals surface area contributed by atoms with E-state index in [2.05, 4.69) is 15.9 Å². The zero-order valence-corrected chi connectivity index (χ0v) is 22.8. The molecule has 2 aliphatic carbocycles. The Morgan fingerprint density at radius 3 is 2.55 bits per heavy atom. The van der Waals surface area contributed by atoms with Gasteiger partial charge in [-0.2, -0.15) is 15.0 Å². The number of ether oxygens (including phenoxy) is 2. The van der Waals surface area contributed by atoms with Crippen molar-refractivity contribution >= 4 is 33.2 Å². The number of nitriles is 1. The van der Waals surface area contributed by atoms with Gasteiger partial charge in [-0.1, -0.05) is 23.2 Å². The summed E-state index contributed by atoms with van der Waals surface area (Å²) in [5.41, 5.74) is -3.83. The molecule has 2 aliphatic rings. The van der Waals surface area contributed by atoms with Gasteiger partial charge in [0.25, 0.3) is 12.0 Å². The Labute approximate surface area is 235 Å². The molecule has 1 aromatic heterocycles. The third-order valence-electron chi connectivity index (χ3n) is 7.03. The maximum Gasteiger partial charge on any atom is 0.349 e. The first-order valence-corrected chi connectivity index (χ1v) is 13.9. The second-order valence-electron chi connectivity index (χ2n) is 9.45. The lowest BCUT2D eigenvalue weighted by atomic mass is 9.79. The second kappa shape index (κ2) is 10.2. The molecule has 3 atom stereocenters. The number of benzene rings is 2. The quantitative estimate of drug-likeness (QED) is 0.367. The fourth-order valence-corrected chi connectivity index (χ4v) is 6.98. The van der Waals surface area contributed by atoms with E-state index in [1.165, 1.54) is 25.3 Å². The van der Waals surface area contributed by atoms with E-state index in [0.717, 1.165) is 18.6 Å². The van der Waals surface area contributed by atoms with Gasteiger partial charge in [-0.15, -0.1) is 0 Å². The topological polar surface area (TPSA) is 156 Å². The molecule has 210 valence electrons. The molecular formula is C24H19Cl2F2N5O6S. The molecular weight excluding hydrogens is 595 g/mol. The van der Waals surface area contributed by atoms with Gasteiger partial charge in [0.1, 0.15) is 16.4 Å². The van der Waals surface area contributed by atoms with Crippen LogP contribution in [0, 0.1) is 22.7 Å². The molecule has 3 aromatic rings. The molecule has 0 aliphatic heterocycles. The van der Waals surface area contributed by atoms with Crippen molar-refractivity contribution in [2.75, 3.05) is 7.11 Å². The third kappa shape index (κ3) is 4.94. The van der Waals surface area contributed by atoms with Crippen LogP contribution in [0.2, 0.25) is 10.0 Å². The highest BCUT2D eigenvalue weighted by atomic mass is 35.5. The van der Waals surface area contributed by atoms with Crippen LogP contribution in [0.1, 0.15) is 31.4 Å². The Hall–Kier alpha value is -3.51. The summed E-state index contributed by atoms with van der Waals surface area (Å²) >= 11 is 12.6. The van der Waals surface area contributed by atoms with Crippen LogP contribution in [0.15, 0.2) is 44.8 Å². The fraction of sp³-hybridized carbons (Fsp3) is 0.333. The summed E-state index contributed by atoms with van der Waals surface area (Å²) in [6.45, 7) is 0. The number of aromatic nitrogens is 3. The first kappa shape index (κ1) is 28.0. The van der Waals surface area contributed by atoms with E-state index in [1.807, 2.05) is 0 Å². The number of H-pyrrole nitrogens is 1. The zero-order valence-electron chi connectivity index (χ0n) is 20.5. The molecule has 0 saturated heterocycles. The Bertz CT molecular complexity index is 1770. The predicted octanol–water partition coefficient (Wildman–Crippen LogP) is 3.94. The van der Waals surface area contributed by atoms with Crippen molar-refractivity contribution in [1.82, 2.24) is 19.5 Å². The Morgan fingerprint density at radius 1 is 1.25 bits per heavy atom. The van der Waals surface area contributed by atoms with Gasteiger partial charge in [-0.05, 0) is 48.4 Å². The molecule has 2 saturated carbocycles. The third-order valence-corrected chi connectivity index (χ3v) is 9.11. The van der Waals surface area contributed by atoms with Crippen LogP contribution in [0.25, 0.3) is 5.69 Å². The molecule has 11 nitrogen and oxygen atoms in total. The highest BCUT2D eigenvalue weighted by molar-refractivity contribution is 7.89. The normalized spacial score (nSPS) is 21.3. The van der Waals surface area contributed by atoms with E-state index in [9.17, 15) is 26.8 Å². The van der Waals surface area contributed by atoms with Crippen molar-refractivity contribution in [2.24, 2.45) is 11.3 Å². The maximum absolute atomic E-state index is 13.2. The first-order valence-electron chi connectivity index (χ1n) is 11.7. The average Bonchev–Trinajstić information content (AvgIpc) is 3.48. The highest BCUT2D eigenvalue weighted by Crippen LogP contribution is 2.69. The van der Waals surface area contributed by atoms with E-state index >= 15 is 0 Å². The molecule has 5 rings (SSSR count). The van der Waals surface area contributed by atoms with Gasteiger partial charge in [0.15, 0.2) is 11.4 Å². The second-order valence-corrected chi connectivity index (χ2v) is 11.9. The predicted molar refractivity (Wildman–Crippen MR) is 138 cm³/mol. The highest BCUT2D eigenvalue weighted by Gasteiger charge is 2.67. The lowest BCUT2D eigenvalue weighted by Crippen LogP contribution is -2.45. The number of hydrogen-bond acceptors (Lipinski definition) is 8. The SMILES string of the molecule is COc1ccc(Oc2c(Cl)cc(-n3nc(C(F)F)c(=O)[nH]c3=O)cc2Cl)cc1S(=O)(=O)NC1CC2(CC#N)CC12. The molecule has 16 heteroatoms.